The summed E-state index contributed by atoms with van der Waals surface area (Å²) in [5, 5.41) is 3.31. The van der Waals surface area contributed by atoms with Crippen molar-refractivity contribution in [1.82, 2.24) is 15.2 Å². The van der Waals surface area contributed by atoms with Crippen LogP contribution >= 0.6 is 0 Å². The first-order valence-corrected chi connectivity index (χ1v) is 10.5. The minimum absolute atomic E-state index is 0.00513. The molecule has 1 aliphatic carbocycles. The molecule has 1 N–H and O–H groups in total. The fourth-order valence-corrected chi connectivity index (χ4v) is 4.87. The zero-order valence-corrected chi connectivity index (χ0v) is 17.0. The first kappa shape index (κ1) is 19.6. The van der Waals surface area contributed by atoms with E-state index in [2.05, 4.69) is 10.3 Å². The van der Waals surface area contributed by atoms with Crippen molar-refractivity contribution < 1.29 is 18.3 Å². The van der Waals surface area contributed by atoms with Gasteiger partial charge < -0.3 is 15.0 Å². The molecule has 30 heavy (non-hydrogen) atoms. The van der Waals surface area contributed by atoms with Crippen LogP contribution in [0.15, 0.2) is 30.5 Å². The Bertz CT molecular complexity index is 994. The third-order valence-corrected chi connectivity index (χ3v) is 6.70. The van der Waals surface area contributed by atoms with Gasteiger partial charge in [0.05, 0.1) is 12.5 Å². The predicted molar refractivity (Wildman–Crippen MR) is 106 cm³/mol. The van der Waals surface area contributed by atoms with Gasteiger partial charge in [0.15, 0.2) is 11.6 Å². The number of aryl methyl sites for hydroxylation is 1. The zero-order valence-electron chi connectivity index (χ0n) is 17.0. The van der Waals surface area contributed by atoms with E-state index < -0.39 is 23.2 Å². The maximum atomic E-state index is 14.1. The van der Waals surface area contributed by atoms with E-state index in [1.165, 1.54) is 12.1 Å². The number of hydrogen-bond donors (Lipinski definition) is 1. The number of halogens is 2. The van der Waals surface area contributed by atoms with Gasteiger partial charge in [-0.25, -0.2) is 8.78 Å². The molecular weight excluding hydrogens is 388 g/mol. The summed E-state index contributed by atoms with van der Waals surface area (Å²) in [6, 6.07) is 6.53. The number of carbonyl (C=O) groups excluding carboxylic acids is 1. The SMILES string of the molecule is Cc1ncccc1CN(C(=O)[C@H]1CNCC[C@@]12OCc1cc(F)c(F)cc12)C1CC1. The lowest BCUT2D eigenvalue weighted by molar-refractivity contribution is -0.157. The molecule has 2 fully saturated rings. The molecule has 158 valence electrons. The Kier molecular flexibility index (Phi) is 4.82. The normalized spacial score (nSPS) is 25.4. The van der Waals surface area contributed by atoms with Gasteiger partial charge in [0, 0.05) is 31.0 Å². The fraction of sp³-hybridized carbons (Fsp3) is 0.478. The summed E-state index contributed by atoms with van der Waals surface area (Å²) in [6.07, 6.45) is 4.26. The highest BCUT2D eigenvalue weighted by Gasteiger charge is 2.53. The number of fused-ring (bicyclic) bond motifs is 2. The number of benzene rings is 1. The smallest absolute Gasteiger partial charge is 0.230 e. The van der Waals surface area contributed by atoms with Crippen LogP contribution in [0.5, 0.6) is 0 Å². The van der Waals surface area contributed by atoms with Crippen LogP contribution in [-0.4, -0.2) is 34.9 Å². The average Bonchev–Trinajstić information content (AvgIpc) is 3.53. The Balaban J connectivity index is 1.50. The summed E-state index contributed by atoms with van der Waals surface area (Å²) < 4.78 is 34.1. The number of rotatable bonds is 4. The van der Waals surface area contributed by atoms with Crippen LogP contribution in [-0.2, 0) is 28.3 Å². The number of amides is 1. The molecule has 1 aromatic carbocycles. The Morgan fingerprint density at radius 3 is 2.90 bits per heavy atom. The molecule has 1 amide bonds. The Morgan fingerprint density at radius 1 is 1.33 bits per heavy atom. The molecule has 1 spiro atoms. The number of nitrogens with zero attached hydrogens (tertiary/aromatic N) is 2. The third kappa shape index (κ3) is 3.20. The highest BCUT2D eigenvalue weighted by atomic mass is 19.2. The van der Waals surface area contributed by atoms with Crippen molar-refractivity contribution in [3.63, 3.8) is 0 Å². The highest BCUT2D eigenvalue weighted by molar-refractivity contribution is 5.82. The van der Waals surface area contributed by atoms with Gasteiger partial charge in [-0.15, -0.1) is 0 Å². The molecule has 0 bridgehead atoms. The molecule has 5 nitrogen and oxygen atoms in total. The van der Waals surface area contributed by atoms with Crippen LogP contribution in [0.1, 0.15) is 41.6 Å². The van der Waals surface area contributed by atoms with Crippen molar-refractivity contribution in [3.8, 4) is 0 Å². The predicted octanol–water partition coefficient (Wildman–Crippen LogP) is 3.19. The third-order valence-electron chi connectivity index (χ3n) is 6.70. The van der Waals surface area contributed by atoms with Crippen molar-refractivity contribution in [2.24, 2.45) is 5.92 Å². The second-order valence-electron chi connectivity index (χ2n) is 8.55. The summed E-state index contributed by atoms with van der Waals surface area (Å²) in [5.74, 6) is -2.26. The van der Waals surface area contributed by atoms with Crippen LogP contribution in [0.4, 0.5) is 8.78 Å². The van der Waals surface area contributed by atoms with Gasteiger partial charge in [-0.1, -0.05) is 6.07 Å². The van der Waals surface area contributed by atoms with E-state index in [0.29, 0.717) is 37.2 Å². The summed E-state index contributed by atoms with van der Waals surface area (Å²) >= 11 is 0. The fourth-order valence-electron chi connectivity index (χ4n) is 4.87. The minimum atomic E-state index is -0.913. The van der Waals surface area contributed by atoms with E-state index in [-0.39, 0.29) is 18.6 Å². The van der Waals surface area contributed by atoms with Crippen molar-refractivity contribution >= 4 is 5.91 Å². The molecule has 2 aromatic rings. The Morgan fingerprint density at radius 2 is 2.13 bits per heavy atom. The van der Waals surface area contributed by atoms with Gasteiger partial charge in [0.2, 0.25) is 5.91 Å². The topological polar surface area (TPSA) is 54.5 Å². The summed E-state index contributed by atoms with van der Waals surface area (Å²) in [4.78, 5) is 20.1. The zero-order chi connectivity index (χ0) is 20.9. The van der Waals surface area contributed by atoms with Crippen LogP contribution in [0, 0.1) is 24.5 Å². The van der Waals surface area contributed by atoms with E-state index in [4.69, 9.17) is 4.74 Å². The van der Waals surface area contributed by atoms with Crippen molar-refractivity contribution in [3.05, 3.63) is 64.5 Å². The number of hydrogen-bond acceptors (Lipinski definition) is 4. The molecule has 0 radical (unpaired) electrons. The van der Waals surface area contributed by atoms with Crippen LogP contribution < -0.4 is 5.32 Å². The lowest BCUT2D eigenvalue weighted by Gasteiger charge is -2.43. The maximum absolute atomic E-state index is 14.1. The lowest BCUT2D eigenvalue weighted by Crippen LogP contribution is -2.55. The maximum Gasteiger partial charge on any atom is 0.230 e. The van der Waals surface area contributed by atoms with Gasteiger partial charge >= 0.3 is 0 Å². The number of ether oxygens (including phenoxy) is 1. The quantitative estimate of drug-likeness (QED) is 0.837. The molecule has 1 aromatic heterocycles. The summed E-state index contributed by atoms with van der Waals surface area (Å²) in [5.41, 5.74) is 2.27. The molecule has 1 saturated heterocycles. The second kappa shape index (κ2) is 7.39. The van der Waals surface area contributed by atoms with E-state index in [9.17, 15) is 13.6 Å². The molecule has 2 aliphatic heterocycles. The monoisotopic (exact) mass is 413 g/mol. The molecule has 2 atom stereocenters. The average molecular weight is 413 g/mol. The largest absolute Gasteiger partial charge is 0.365 e. The van der Waals surface area contributed by atoms with Gasteiger partial charge in [0.25, 0.3) is 0 Å². The van der Waals surface area contributed by atoms with Gasteiger partial charge in [-0.05, 0) is 67.6 Å². The van der Waals surface area contributed by atoms with Crippen LogP contribution in [0.25, 0.3) is 0 Å². The van der Waals surface area contributed by atoms with Crippen molar-refractivity contribution in [2.45, 2.75) is 51.0 Å². The lowest BCUT2D eigenvalue weighted by atomic mass is 9.75. The number of aromatic nitrogens is 1. The van der Waals surface area contributed by atoms with E-state index in [1.807, 2.05) is 24.0 Å². The first-order chi connectivity index (χ1) is 14.5. The summed E-state index contributed by atoms with van der Waals surface area (Å²) in [6.45, 7) is 3.75. The standard InChI is InChI=1S/C23H25F2N3O2/c1-14-15(3-2-7-27-14)12-28(17-4-5-17)22(29)19-11-26-8-6-23(19)18-10-21(25)20(24)9-16(18)13-30-23/h2-3,7,9-10,17,19,26H,4-6,8,11-13H2,1H3/t19-,23+/m1/s1. The number of nitrogens with one attached hydrogen (secondary N) is 1. The molecule has 3 heterocycles. The Hall–Kier alpha value is -2.38. The summed E-state index contributed by atoms with van der Waals surface area (Å²) in [7, 11) is 0. The minimum Gasteiger partial charge on any atom is -0.365 e. The highest BCUT2D eigenvalue weighted by Crippen LogP contribution is 2.48. The molecule has 0 unspecified atom stereocenters. The van der Waals surface area contributed by atoms with Crippen molar-refractivity contribution in [1.29, 1.82) is 0 Å². The number of piperidine rings is 1. The van der Waals surface area contributed by atoms with E-state index in [1.54, 1.807) is 6.20 Å². The van der Waals surface area contributed by atoms with E-state index >= 15 is 0 Å². The van der Waals surface area contributed by atoms with Gasteiger partial charge in [-0.2, -0.15) is 0 Å². The second-order valence-corrected chi connectivity index (χ2v) is 8.55. The number of pyridine rings is 1. The Labute approximate surface area is 174 Å². The molecule has 1 saturated carbocycles. The molecule has 5 rings (SSSR count). The van der Waals surface area contributed by atoms with Gasteiger partial charge in [0.1, 0.15) is 5.60 Å². The molecule has 3 aliphatic rings. The molecule has 7 heteroatoms. The van der Waals surface area contributed by atoms with Crippen LogP contribution in [0.3, 0.4) is 0 Å². The van der Waals surface area contributed by atoms with Crippen LogP contribution in [0.2, 0.25) is 0 Å². The molecular formula is C23H25F2N3O2. The van der Waals surface area contributed by atoms with Crippen molar-refractivity contribution in [2.75, 3.05) is 13.1 Å². The van der Waals surface area contributed by atoms with Gasteiger partial charge in [-0.3, -0.25) is 9.78 Å². The first-order valence-electron chi connectivity index (χ1n) is 10.5. The van der Waals surface area contributed by atoms with E-state index in [0.717, 1.165) is 24.1 Å². The number of carbonyl (C=O) groups is 1.